The van der Waals surface area contributed by atoms with Gasteiger partial charge in [0.25, 0.3) is 0 Å². The van der Waals surface area contributed by atoms with Crippen LogP contribution >= 0.6 is 11.8 Å². The molecule has 1 atom stereocenters. The van der Waals surface area contributed by atoms with Crippen molar-refractivity contribution in [3.63, 3.8) is 0 Å². The lowest BCUT2D eigenvalue weighted by molar-refractivity contribution is 0.0640. The number of carboxylic acid groups (broad SMARTS) is 2. The van der Waals surface area contributed by atoms with Gasteiger partial charge in [0.1, 0.15) is 0 Å². The number of hydrogen-bond acceptors (Lipinski definition) is 4. The molecule has 2 aromatic rings. The highest BCUT2D eigenvalue weighted by atomic mass is 32.2. The number of hydrogen-bond donors (Lipinski definition) is 2. The topological polar surface area (TPSA) is 92.4 Å². The van der Waals surface area contributed by atoms with E-state index in [0.29, 0.717) is 5.16 Å². The Labute approximate surface area is 138 Å². The highest BCUT2D eigenvalue weighted by molar-refractivity contribution is 7.99. The van der Waals surface area contributed by atoms with E-state index in [1.165, 1.54) is 16.3 Å². The van der Waals surface area contributed by atoms with E-state index in [9.17, 15) is 19.8 Å². The van der Waals surface area contributed by atoms with Gasteiger partial charge in [0, 0.05) is 5.25 Å². The first kappa shape index (κ1) is 17.1. The molecule has 1 aromatic heterocycles. The number of thioether (sulfide) groups is 1. The lowest BCUT2D eigenvalue weighted by Gasteiger charge is -2.12. The quantitative estimate of drug-likeness (QED) is 0.755. The Hall–Kier alpha value is -2.28. The van der Waals surface area contributed by atoms with Gasteiger partial charge in [-0.25, -0.2) is 14.6 Å². The molecule has 0 bridgehead atoms. The third-order valence-electron chi connectivity index (χ3n) is 3.40. The smallest absolute Gasteiger partial charge is 0.357 e. The summed E-state index contributed by atoms with van der Waals surface area (Å²) in [6, 6.07) is 9.30. The Balaban J connectivity index is 2.54. The minimum Gasteiger partial charge on any atom is -0.476 e. The van der Waals surface area contributed by atoms with E-state index < -0.39 is 17.6 Å². The van der Waals surface area contributed by atoms with Gasteiger partial charge in [-0.15, -0.1) is 0 Å². The minimum absolute atomic E-state index is 0.204. The van der Waals surface area contributed by atoms with Crippen LogP contribution in [-0.4, -0.2) is 37.0 Å². The summed E-state index contributed by atoms with van der Waals surface area (Å²) < 4.78 is 1.47. The van der Waals surface area contributed by atoms with Gasteiger partial charge < -0.3 is 14.8 Å². The van der Waals surface area contributed by atoms with Crippen LogP contribution in [-0.2, 0) is 6.54 Å². The Morgan fingerprint density at radius 3 is 2.39 bits per heavy atom. The molecule has 1 aromatic carbocycles. The van der Waals surface area contributed by atoms with E-state index in [0.717, 1.165) is 12.0 Å². The lowest BCUT2D eigenvalue weighted by Crippen LogP contribution is -2.14. The fourth-order valence-corrected chi connectivity index (χ4v) is 3.02. The summed E-state index contributed by atoms with van der Waals surface area (Å²) in [6.07, 6.45) is 0.869. The number of carboxylic acids is 2. The molecule has 0 aliphatic heterocycles. The number of aromatic nitrogens is 2. The zero-order valence-electron chi connectivity index (χ0n) is 12.9. The first-order chi connectivity index (χ1) is 10.9. The minimum atomic E-state index is -1.33. The molecule has 0 radical (unpaired) electrons. The molecular weight excluding hydrogens is 316 g/mol. The zero-order chi connectivity index (χ0) is 17.0. The van der Waals surface area contributed by atoms with Gasteiger partial charge in [-0.3, -0.25) is 0 Å². The van der Waals surface area contributed by atoms with Crippen molar-refractivity contribution in [3.05, 3.63) is 47.3 Å². The highest BCUT2D eigenvalue weighted by Crippen LogP contribution is 2.28. The van der Waals surface area contributed by atoms with Crippen molar-refractivity contribution in [1.82, 2.24) is 9.55 Å². The van der Waals surface area contributed by atoms with Crippen molar-refractivity contribution < 1.29 is 19.8 Å². The van der Waals surface area contributed by atoms with Crippen molar-refractivity contribution in [2.24, 2.45) is 0 Å². The molecule has 6 nitrogen and oxygen atoms in total. The molecule has 2 N–H and O–H groups in total. The standard InChI is InChI=1S/C16H18N2O4S/c1-3-10(2)23-16-17-12(14(19)20)13(15(21)22)18(16)9-11-7-5-4-6-8-11/h4-8,10H,3,9H2,1-2H3,(H,19,20)(H,21,22)/t10-/m0/s1. The van der Waals surface area contributed by atoms with Crippen molar-refractivity contribution in [2.45, 2.75) is 37.2 Å². The van der Waals surface area contributed by atoms with Crippen LogP contribution in [0.25, 0.3) is 0 Å². The summed E-state index contributed by atoms with van der Waals surface area (Å²) in [6.45, 7) is 4.27. The lowest BCUT2D eigenvalue weighted by atomic mass is 10.2. The van der Waals surface area contributed by atoms with Crippen LogP contribution in [0, 0.1) is 0 Å². The third-order valence-corrected chi connectivity index (χ3v) is 4.66. The highest BCUT2D eigenvalue weighted by Gasteiger charge is 2.27. The summed E-state index contributed by atoms with van der Waals surface area (Å²) >= 11 is 1.38. The normalized spacial score (nSPS) is 12.1. The Morgan fingerprint density at radius 1 is 1.22 bits per heavy atom. The van der Waals surface area contributed by atoms with E-state index in [2.05, 4.69) is 4.98 Å². The molecule has 0 amide bonds. The first-order valence-electron chi connectivity index (χ1n) is 7.21. The SMILES string of the molecule is CC[C@H](C)Sc1nc(C(=O)O)c(C(=O)O)n1Cc1ccccc1. The van der Waals surface area contributed by atoms with E-state index in [1.54, 1.807) is 0 Å². The molecular formula is C16H18N2O4S. The number of nitrogens with zero attached hydrogens (tertiary/aromatic N) is 2. The Morgan fingerprint density at radius 2 is 1.87 bits per heavy atom. The summed E-state index contributed by atoms with van der Waals surface area (Å²) in [5.74, 6) is -2.62. The molecule has 0 aliphatic rings. The van der Waals surface area contributed by atoms with Crippen molar-refractivity contribution >= 4 is 23.7 Å². The molecule has 0 saturated heterocycles. The molecule has 2 rings (SSSR count). The molecule has 0 fully saturated rings. The van der Waals surface area contributed by atoms with Crippen LogP contribution in [0.1, 0.15) is 46.8 Å². The molecule has 122 valence electrons. The maximum atomic E-state index is 11.6. The fourth-order valence-electron chi connectivity index (χ4n) is 2.06. The average Bonchev–Trinajstić information content (AvgIpc) is 2.87. The predicted octanol–water partition coefficient (Wildman–Crippen LogP) is 3.22. The van der Waals surface area contributed by atoms with Gasteiger partial charge in [-0.05, 0) is 12.0 Å². The van der Waals surface area contributed by atoms with Crippen LogP contribution in [0.5, 0.6) is 0 Å². The number of imidazole rings is 1. The number of benzene rings is 1. The third kappa shape index (κ3) is 3.92. The number of aromatic carboxylic acids is 2. The van der Waals surface area contributed by atoms with Gasteiger partial charge in [-0.1, -0.05) is 55.9 Å². The summed E-state index contributed by atoms with van der Waals surface area (Å²) in [7, 11) is 0. The van der Waals surface area contributed by atoms with Crippen molar-refractivity contribution in [1.29, 1.82) is 0 Å². The zero-order valence-corrected chi connectivity index (χ0v) is 13.7. The monoisotopic (exact) mass is 334 g/mol. The molecule has 0 aliphatic carbocycles. The average molecular weight is 334 g/mol. The van der Waals surface area contributed by atoms with Gasteiger partial charge in [0.2, 0.25) is 0 Å². The van der Waals surface area contributed by atoms with E-state index in [-0.39, 0.29) is 17.5 Å². The summed E-state index contributed by atoms with van der Waals surface area (Å²) in [5.41, 5.74) is 0.182. The van der Waals surface area contributed by atoms with Gasteiger partial charge in [0.15, 0.2) is 16.5 Å². The fraction of sp³-hybridized carbons (Fsp3) is 0.312. The van der Waals surface area contributed by atoms with E-state index >= 15 is 0 Å². The second-order valence-corrected chi connectivity index (χ2v) is 6.52. The van der Waals surface area contributed by atoms with E-state index in [4.69, 9.17) is 0 Å². The number of carbonyl (C=O) groups is 2. The second-order valence-electron chi connectivity index (χ2n) is 5.11. The van der Waals surface area contributed by atoms with Gasteiger partial charge in [-0.2, -0.15) is 0 Å². The molecule has 0 saturated carbocycles. The summed E-state index contributed by atoms with van der Waals surface area (Å²) in [5, 5.41) is 19.3. The van der Waals surface area contributed by atoms with Gasteiger partial charge >= 0.3 is 11.9 Å². The Kier molecular flexibility index (Phi) is 5.44. The van der Waals surface area contributed by atoms with Crippen molar-refractivity contribution in [2.75, 3.05) is 0 Å². The van der Waals surface area contributed by atoms with Crippen LogP contribution in [0.2, 0.25) is 0 Å². The molecule has 23 heavy (non-hydrogen) atoms. The molecule has 0 spiro atoms. The summed E-state index contributed by atoms with van der Waals surface area (Å²) in [4.78, 5) is 27.0. The molecule has 7 heteroatoms. The second kappa shape index (κ2) is 7.32. The Bertz CT molecular complexity index is 712. The van der Waals surface area contributed by atoms with Crippen molar-refractivity contribution in [3.8, 4) is 0 Å². The molecule has 0 unspecified atom stereocenters. The maximum absolute atomic E-state index is 11.6. The first-order valence-corrected chi connectivity index (χ1v) is 8.09. The maximum Gasteiger partial charge on any atom is 0.357 e. The van der Waals surface area contributed by atoms with Gasteiger partial charge in [0.05, 0.1) is 6.54 Å². The largest absolute Gasteiger partial charge is 0.476 e. The van der Waals surface area contributed by atoms with Crippen LogP contribution in [0.4, 0.5) is 0 Å². The van der Waals surface area contributed by atoms with E-state index in [1.807, 2.05) is 44.2 Å². The number of rotatable bonds is 7. The molecule has 1 heterocycles. The predicted molar refractivity (Wildman–Crippen MR) is 87.3 cm³/mol. The van der Waals surface area contributed by atoms with Crippen LogP contribution in [0.3, 0.4) is 0 Å². The van der Waals surface area contributed by atoms with Crippen LogP contribution in [0.15, 0.2) is 35.5 Å². The van der Waals surface area contributed by atoms with Crippen LogP contribution < -0.4 is 0 Å².